The van der Waals surface area contributed by atoms with E-state index >= 15 is 0 Å². The van der Waals surface area contributed by atoms with Crippen LogP contribution in [0.15, 0.2) is 36.4 Å². The molecule has 0 saturated heterocycles. The predicted molar refractivity (Wildman–Crippen MR) is 143 cm³/mol. The van der Waals surface area contributed by atoms with Crippen molar-refractivity contribution in [1.82, 2.24) is 10.2 Å². The van der Waals surface area contributed by atoms with Gasteiger partial charge in [0.25, 0.3) is 0 Å². The summed E-state index contributed by atoms with van der Waals surface area (Å²) in [5.74, 6) is -0.593. The van der Waals surface area contributed by atoms with Crippen LogP contribution in [0.2, 0.25) is 15.1 Å². The molecule has 0 aromatic heterocycles. The third-order valence-electron chi connectivity index (χ3n) is 5.53. The summed E-state index contributed by atoms with van der Waals surface area (Å²) in [6.45, 7) is 5.80. The van der Waals surface area contributed by atoms with Crippen molar-refractivity contribution < 1.29 is 18.0 Å². The Morgan fingerprint density at radius 1 is 1.09 bits per heavy atom. The molecule has 1 N–H and O–H groups in total. The molecule has 2 aromatic rings. The number of carbonyl (C=O) groups excluding carboxylic acids is 2. The van der Waals surface area contributed by atoms with Gasteiger partial charge in [-0.15, -0.1) is 0 Å². The zero-order valence-corrected chi connectivity index (χ0v) is 23.2. The van der Waals surface area contributed by atoms with Crippen molar-refractivity contribution >= 4 is 62.3 Å². The number of hydrogen-bond donors (Lipinski definition) is 1. The smallest absolute Gasteiger partial charge is 0.242 e. The van der Waals surface area contributed by atoms with E-state index in [0.717, 1.165) is 6.26 Å². The number of hydrogen-bond acceptors (Lipinski definition) is 4. The van der Waals surface area contributed by atoms with Gasteiger partial charge in [-0.05, 0) is 62.6 Å². The monoisotopic (exact) mass is 561 g/mol. The van der Waals surface area contributed by atoms with Crippen LogP contribution in [0.1, 0.15) is 37.8 Å². The minimum absolute atomic E-state index is 0.0284. The second kappa shape index (κ2) is 12.8. The first-order chi connectivity index (χ1) is 16.4. The fourth-order valence-corrected chi connectivity index (χ4v) is 5.24. The van der Waals surface area contributed by atoms with E-state index in [0.29, 0.717) is 38.4 Å². The fourth-order valence-electron chi connectivity index (χ4n) is 3.59. The van der Waals surface area contributed by atoms with Gasteiger partial charge in [0.2, 0.25) is 21.8 Å². The van der Waals surface area contributed by atoms with Gasteiger partial charge in [-0.1, -0.05) is 46.9 Å². The molecule has 1 atom stereocenters. The largest absolute Gasteiger partial charge is 0.355 e. The molecule has 35 heavy (non-hydrogen) atoms. The number of sulfonamides is 1. The molecule has 0 aliphatic rings. The third-order valence-corrected chi connectivity index (χ3v) is 7.71. The molecule has 0 fully saturated rings. The standard InChI is InChI=1S/C24H30Cl3N3O4S/c1-5-28-24(32)17(3)29(15-18-11-12-19(25)14-21(18)27)23(31)10-7-13-30(35(4,33)34)22-9-6-8-20(26)16(22)2/h6,8-9,11-12,14,17H,5,7,10,13,15H2,1-4H3,(H,28,32)/t17-/m0/s1. The average molecular weight is 563 g/mol. The van der Waals surface area contributed by atoms with Crippen LogP contribution >= 0.6 is 34.8 Å². The van der Waals surface area contributed by atoms with Gasteiger partial charge in [0, 0.05) is 41.1 Å². The molecule has 0 aliphatic carbocycles. The van der Waals surface area contributed by atoms with Gasteiger partial charge in [0.1, 0.15) is 6.04 Å². The Morgan fingerprint density at radius 2 is 1.77 bits per heavy atom. The number of halogens is 3. The Hall–Kier alpha value is -2.00. The fraction of sp³-hybridized carbons (Fsp3) is 0.417. The second-order valence-corrected chi connectivity index (χ2v) is 11.3. The van der Waals surface area contributed by atoms with Gasteiger partial charge in [-0.3, -0.25) is 13.9 Å². The van der Waals surface area contributed by atoms with E-state index in [2.05, 4.69) is 5.32 Å². The first-order valence-electron chi connectivity index (χ1n) is 11.1. The van der Waals surface area contributed by atoms with Gasteiger partial charge < -0.3 is 10.2 Å². The number of carbonyl (C=O) groups is 2. The summed E-state index contributed by atoms with van der Waals surface area (Å²) in [7, 11) is -3.62. The Labute approximate surface area is 222 Å². The third kappa shape index (κ3) is 8.00. The maximum Gasteiger partial charge on any atom is 0.242 e. The van der Waals surface area contributed by atoms with E-state index in [1.807, 2.05) is 0 Å². The van der Waals surface area contributed by atoms with Crippen LogP contribution in [-0.2, 0) is 26.2 Å². The van der Waals surface area contributed by atoms with Gasteiger partial charge in [0.05, 0.1) is 11.9 Å². The Balaban J connectivity index is 2.22. The van der Waals surface area contributed by atoms with Crippen LogP contribution in [0.3, 0.4) is 0 Å². The Bertz CT molecular complexity index is 1170. The summed E-state index contributed by atoms with van der Waals surface area (Å²) in [4.78, 5) is 27.2. The van der Waals surface area contributed by atoms with Crippen LogP contribution in [0, 0.1) is 6.92 Å². The zero-order valence-electron chi connectivity index (χ0n) is 20.1. The number of nitrogens with zero attached hydrogens (tertiary/aromatic N) is 2. The van der Waals surface area contributed by atoms with Crippen molar-refractivity contribution in [3.63, 3.8) is 0 Å². The SMILES string of the molecule is CCNC(=O)[C@H](C)N(Cc1ccc(Cl)cc1Cl)C(=O)CCCN(c1cccc(Cl)c1C)S(C)(=O)=O. The lowest BCUT2D eigenvalue weighted by atomic mass is 10.1. The Morgan fingerprint density at radius 3 is 2.37 bits per heavy atom. The summed E-state index contributed by atoms with van der Waals surface area (Å²) in [5.41, 5.74) is 1.75. The molecule has 0 aliphatic heterocycles. The number of nitrogens with one attached hydrogen (secondary N) is 1. The van der Waals surface area contributed by atoms with Crippen molar-refractivity contribution in [2.24, 2.45) is 0 Å². The van der Waals surface area contributed by atoms with E-state index < -0.39 is 16.1 Å². The first-order valence-corrected chi connectivity index (χ1v) is 14.1. The summed E-state index contributed by atoms with van der Waals surface area (Å²) in [6, 6.07) is 9.25. The van der Waals surface area contributed by atoms with Crippen LogP contribution in [-0.4, -0.2) is 50.5 Å². The molecule has 0 heterocycles. The molecule has 2 rings (SSSR count). The van der Waals surface area contributed by atoms with Gasteiger partial charge >= 0.3 is 0 Å². The summed E-state index contributed by atoms with van der Waals surface area (Å²) in [5, 5.41) is 4.03. The minimum Gasteiger partial charge on any atom is -0.355 e. The highest BCUT2D eigenvalue weighted by atomic mass is 35.5. The second-order valence-electron chi connectivity index (χ2n) is 8.15. The van der Waals surface area contributed by atoms with Gasteiger partial charge in [-0.2, -0.15) is 0 Å². The Kier molecular flexibility index (Phi) is 10.7. The molecule has 7 nitrogen and oxygen atoms in total. The number of likely N-dealkylation sites (N-methyl/N-ethyl adjacent to an activating group) is 1. The summed E-state index contributed by atoms with van der Waals surface area (Å²) in [6.07, 6.45) is 1.38. The van der Waals surface area contributed by atoms with Gasteiger partial charge in [0.15, 0.2) is 0 Å². The summed E-state index contributed by atoms with van der Waals surface area (Å²) >= 11 is 18.5. The van der Waals surface area contributed by atoms with Crippen LogP contribution in [0.25, 0.3) is 0 Å². The van der Waals surface area contributed by atoms with E-state index in [1.165, 1.54) is 9.21 Å². The van der Waals surface area contributed by atoms with E-state index in [-0.39, 0.29) is 37.7 Å². The maximum absolute atomic E-state index is 13.3. The number of benzene rings is 2. The van der Waals surface area contributed by atoms with E-state index in [4.69, 9.17) is 34.8 Å². The molecule has 0 saturated carbocycles. The topological polar surface area (TPSA) is 86.8 Å². The average Bonchev–Trinajstić information content (AvgIpc) is 2.77. The van der Waals surface area contributed by atoms with E-state index in [1.54, 1.807) is 57.2 Å². The minimum atomic E-state index is -3.62. The lowest BCUT2D eigenvalue weighted by Crippen LogP contribution is -2.47. The predicted octanol–water partition coefficient (Wildman–Crippen LogP) is 5.05. The first kappa shape index (κ1) is 29.2. The molecule has 2 aromatic carbocycles. The molecule has 0 unspecified atom stereocenters. The van der Waals surface area contributed by atoms with Crippen molar-refractivity contribution in [2.45, 2.75) is 46.2 Å². The van der Waals surface area contributed by atoms with E-state index in [9.17, 15) is 18.0 Å². The molecule has 0 bridgehead atoms. The van der Waals surface area contributed by atoms with Crippen molar-refractivity contribution in [3.8, 4) is 0 Å². The molecule has 0 spiro atoms. The molecule has 192 valence electrons. The van der Waals surface area contributed by atoms with Gasteiger partial charge in [-0.25, -0.2) is 8.42 Å². The normalized spacial score (nSPS) is 12.2. The van der Waals surface area contributed by atoms with Crippen molar-refractivity contribution in [2.75, 3.05) is 23.7 Å². The highest BCUT2D eigenvalue weighted by molar-refractivity contribution is 7.92. The lowest BCUT2D eigenvalue weighted by molar-refractivity contribution is -0.140. The summed E-state index contributed by atoms with van der Waals surface area (Å²) < 4.78 is 26.2. The van der Waals surface area contributed by atoms with Crippen LogP contribution in [0.4, 0.5) is 5.69 Å². The molecule has 11 heteroatoms. The molecular weight excluding hydrogens is 533 g/mol. The van der Waals surface area contributed by atoms with Crippen molar-refractivity contribution in [1.29, 1.82) is 0 Å². The molecule has 2 amide bonds. The molecular formula is C24H30Cl3N3O4S. The number of amides is 2. The number of anilines is 1. The van der Waals surface area contributed by atoms with Crippen LogP contribution in [0.5, 0.6) is 0 Å². The maximum atomic E-state index is 13.3. The van der Waals surface area contributed by atoms with Crippen LogP contribution < -0.4 is 9.62 Å². The number of rotatable bonds is 11. The zero-order chi connectivity index (χ0) is 26.3. The highest BCUT2D eigenvalue weighted by Crippen LogP contribution is 2.29. The highest BCUT2D eigenvalue weighted by Gasteiger charge is 2.27. The lowest BCUT2D eigenvalue weighted by Gasteiger charge is -2.30. The molecule has 0 radical (unpaired) electrons. The van der Waals surface area contributed by atoms with Crippen molar-refractivity contribution in [3.05, 3.63) is 62.6 Å². The quantitative estimate of drug-likeness (QED) is 0.415.